The molecule has 138 valence electrons. The van der Waals surface area contributed by atoms with Crippen molar-refractivity contribution in [2.75, 3.05) is 0 Å². The van der Waals surface area contributed by atoms with E-state index in [1.165, 1.54) is 35.6 Å². The van der Waals surface area contributed by atoms with Gasteiger partial charge in [-0.1, -0.05) is 0 Å². The van der Waals surface area contributed by atoms with Crippen molar-refractivity contribution in [2.45, 2.75) is 38.0 Å². The van der Waals surface area contributed by atoms with Gasteiger partial charge in [0, 0.05) is 26.8 Å². The highest BCUT2D eigenvalue weighted by atomic mass is 32.1. The second kappa shape index (κ2) is 6.13. The fraction of sp³-hybridized carbons (Fsp3) is 0.273. The topological polar surface area (TPSA) is 20.2 Å². The van der Waals surface area contributed by atoms with E-state index in [1.807, 2.05) is 0 Å². The first-order valence-corrected chi connectivity index (χ1v) is 9.98. The molecule has 5 rings (SSSR count). The first-order chi connectivity index (χ1) is 13.0. The van der Waals surface area contributed by atoms with Crippen LogP contribution in [-0.2, 0) is 0 Å². The molecule has 0 amide bonds. The molecule has 27 heavy (non-hydrogen) atoms. The third-order valence-corrected chi connectivity index (χ3v) is 6.70. The highest BCUT2D eigenvalue weighted by Crippen LogP contribution is 2.49. The summed E-state index contributed by atoms with van der Waals surface area (Å²) in [5.74, 6) is -1.37. The Morgan fingerprint density at radius 1 is 1.04 bits per heavy atom. The predicted octanol–water partition coefficient (Wildman–Crippen LogP) is 7.32. The molecule has 1 aromatic heterocycles. The number of halogens is 3. The van der Waals surface area contributed by atoms with Gasteiger partial charge in [0.25, 0.3) is 0 Å². The second-order valence-corrected chi connectivity index (χ2v) is 8.40. The minimum absolute atomic E-state index is 0.0747. The zero-order chi connectivity index (χ0) is 18.7. The van der Waals surface area contributed by atoms with Gasteiger partial charge in [0.1, 0.15) is 23.2 Å². The van der Waals surface area contributed by atoms with E-state index in [1.54, 1.807) is 6.07 Å². The maximum absolute atomic E-state index is 15.3. The van der Waals surface area contributed by atoms with Crippen molar-refractivity contribution in [3.05, 3.63) is 63.8 Å². The van der Waals surface area contributed by atoms with E-state index in [0.29, 0.717) is 20.5 Å². The summed E-state index contributed by atoms with van der Waals surface area (Å²) in [4.78, 5) is 0.539. The van der Waals surface area contributed by atoms with Gasteiger partial charge in [-0.15, -0.1) is 11.3 Å². The molecule has 1 nitrogen and oxygen atoms in total. The summed E-state index contributed by atoms with van der Waals surface area (Å²) in [6.45, 7) is 0. The maximum atomic E-state index is 15.3. The maximum Gasteiger partial charge on any atom is 0.137 e. The monoisotopic (exact) mass is 386 g/mol. The lowest BCUT2D eigenvalue weighted by Gasteiger charge is -2.19. The van der Waals surface area contributed by atoms with Crippen molar-refractivity contribution in [3.63, 3.8) is 0 Å². The molecular formula is C22H17F3OS. The lowest BCUT2D eigenvalue weighted by Crippen LogP contribution is -2.02. The van der Waals surface area contributed by atoms with Gasteiger partial charge in [0.05, 0.1) is 4.88 Å². The Kier molecular flexibility index (Phi) is 3.83. The SMILES string of the molecule is OC(=C1CCC1)c1sc2cc(F)ccc2c1-c1ccc(F)c(C2CC2)c1F. The Labute approximate surface area is 158 Å². The van der Waals surface area contributed by atoms with Crippen LogP contribution in [0.3, 0.4) is 0 Å². The van der Waals surface area contributed by atoms with E-state index >= 15 is 4.39 Å². The van der Waals surface area contributed by atoms with E-state index in [2.05, 4.69) is 0 Å². The van der Waals surface area contributed by atoms with Crippen LogP contribution in [0.5, 0.6) is 0 Å². The summed E-state index contributed by atoms with van der Waals surface area (Å²) in [5, 5.41) is 11.5. The average molecular weight is 386 g/mol. The lowest BCUT2D eigenvalue weighted by molar-refractivity contribution is 0.488. The zero-order valence-electron chi connectivity index (χ0n) is 14.5. The highest BCUT2D eigenvalue weighted by molar-refractivity contribution is 7.20. The molecule has 0 aliphatic heterocycles. The third kappa shape index (κ3) is 2.67. The van der Waals surface area contributed by atoms with Crippen LogP contribution < -0.4 is 0 Å². The Bertz CT molecular complexity index is 1100. The van der Waals surface area contributed by atoms with Crippen molar-refractivity contribution in [1.82, 2.24) is 0 Å². The van der Waals surface area contributed by atoms with Crippen LogP contribution in [-0.4, -0.2) is 5.11 Å². The molecule has 1 heterocycles. The number of aliphatic hydroxyl groups excluding tert-OH is 1. The van der Waals surface area contributed by atoms with Crippen molar-refractivity contribution in [2.24, 2.45) is 0 Å². The molecule has 5 heteroatoms. The van der Waals surface area contributed by atoms with Crippen LogP contribution in [0, 0.1) is 17.5 Å². The summed E-state index contributed by atoms with van der Waals surface area (Å²) in [6.07, 6.45) is 4.22. The minimum atomic E-state index is -0.561. The van der Waals surface area contributed by atoms with Crippen molar-refractivity contribution >= 4 is 27.2 Å². The van der Waals surface area contributed by atoms with Crippen molar-refractivity contribution in [3.8, 4) is 11.1 Å². The summed E-state index contributed by atoms with van der Waals surface area (Å²) in [7, 11) is 0. The van der Waals surface area contributed by atoms with E-state index < -0.39 is 11.6 Å². The minimum Gasteiger partial charge on any atom is -0.506 e. The Morgan fingerprint density at radius 2 is 1.81 bits per heavy atom. The number of aliphatic hydroxyl groups is 1. The van der Waals surface area contributed by atoms with Gasteiger partial charge in [0.15, 0.2) is 0 Å². The smallest absolute Gasteiger partial charge is 0.137 e. The van der Waals surface area contributed by atoms with Crippen LogP contribution in [0.2, 0.25) is 0 Å². The molecule has 1 N–H and O–H groups in total. The number of allylic oxidation sites excluding steroid dienone is 1. The van der Waals surface area contributed by atoms with Gasteiger partial charge >= 0.3 is 0 Å². The van der Waals surface area contributed by atoms with Gasteiger partial charge in [-0.3, -0.25) is 0 Å². The van der Waals surface area contributed by atoms with Crippen LogP contribution >= 0.6 is 11.3 Å². The van der Waals surface area contributed by atoms with E-state index in [0.717, 1.165) is 37.7 Å². The van der Waals surface area contributed by atoms with Gasteiger partial charge in [-0.05, 0) is 73.9 Å². The van der Waals surface area contributed by atoms with Gasteiger partial charge in [0.2, 0.25) is 0 Å². The second-order valence-electron chi connectivity index (χ2n) is 7.35. The number of hydrogen-bond acceptors (Lipinski definition) is 2. The first kappa shape index (κ1) is 16.9. The zero-order valence-corrected chi connectivity index (χ0v) is 15.3. The molecule has 2 aliphatic rings. The van der Waals surface area contributed by atoms with Gasteiger partial charge in [-0.2, -0.15) is 0 Å². The number of thiophene rings is 1. The molecule has 2 fully saturated rings. The summed E-state index contributed by atoms with van der Waals surface area (Å²) >= 11 is 1.25. The highest BCUT2D eigenvalue weighted by Gasteiger charge is 2.32. The molecular weight excluding hydrogens is 369 g/mol. The number of benzene rings is 2. The van der Waals surface area contributed by atoms with E-state index in [9.17, 15) is 13.9 Å². The van der Waals surface area contributed by atoms with Gasteiger partial charge in [-0.25, -0.2) is 13.2 Å². The van der Waals surface area contributed by atoms with Crippen molar-refractivity contribution < 1.29 is 18.3 Å². The standard InChI is InChI=1S/C22H17F3OS/c23-13-6-7-14-17(10-13)27-22(21(26)12-2-1-3-12)19(14)15-8-9-16(24)18(20(15)25)11-4-5-11/h6-11,26H,1-5H2. The molecule has 0 saturated heterocycles. The molecule has 0 spiro atoms. The third-order valence-electron chi connectivity index (χ3n) is 5.54. The lowest BCUT2D eigenvalue weighted by atomic mass is 9.89. The molecule has 2 saturated carbocycles. The van der Waals surface area contributed by atoms with Crippen LogP contribution in [0.15, 0.2) is 35.9 Å². The van der Waals surface area contributed by atoms with E-state index in [-0.39, 0.29) is 28.6 Å². The molecule has 3 aromatic rings. The Balaban J connectivity index is 1.81. The largest absolute Gasteiger partial charge is 0.506 e. The van der Waals surface area contributed by atoms with Crippen molar-refractivity contribution in [1.29, 1.82) is 0 Å². The molecule has 2 aromatic carbocycles. The number of fused-ring (bicyclic) bond motifs is 1. The summed E-state index contributed by atoms with van der Waals surface area (Å²) in [5.41, 5.74) is 1.88. The average Bonchev–Trinajstić information content (AvgIpc) is 3.34. The first-order valence-electron chi connectivity index (χ1n) is 9.16. The van der Waals surface area contributed by atoms with Crippen LogP contribution in [0.25, 0.3) is 27.0 Å². The van der Waals surface area contributed by atoms with Crippen LogP contribution in [0.1, 0.15) is 48.5 Å². The number of rotatable bonds is 3. The summed E-state index contributed by atoms with van der Waals surface area (Å²) < 4.78 is 43.9. The Hall–Kier alpha value is -2.27. The molecule has 0 radical (unpaired) electrons. The normalized spacial score (nSPS) is 16.6. The van der Waals surface area contributed by atoms with Gasteiger partial charge < -0.3 is 5.11 Å². The fourth-order valence-electron chi connectivity index (χ4n) is 3.76. The van der Waals surface area contributed by atoms with Crippen LogP contribution in [0.4, 0.5) is 13.2 Å². The predicted molar refractivity (Wildman–Crippen MR) is 103 cm³/mol. The molecule has 2 aliphatic carbocycles. The summed E-state index contributed by atoms with van der Waals surface area (Å²) in [6, 6.07) is 7.08. The van der Waals surface area contributed by atoms with E-state index in [4.69, 9.17) is 0 Å². The quantitative estimate of drug-likeness (QED) is 0.468. The Morgan fingerprint density at radius 3 is 2.48 bits per heavy atom. The fourth-order valence-corrected chi connectivity index (χ4v) is 5.00. The number of hydrogen-bond donors (Lipinski definition) is 1. The molecule has 0 unspecified atom stereocenters. The molecule has 0 atom stereocenters. The molecule has 0 bridgehead atoms.